The van der Waals surface area contributed by atoms with E-state index in [2.05, 4.69) is 10.3 Å². The first kappa shape index (κ1) is 15.4. The van der Waals surface area contributed by atoms with E-state index in [1.54, 1.807) is 12.4 Å². The average molecular weight is 321 g/mol. The van der Waals surface area contributed by atoms with Crippen molar-refractivity contribution in [1.82, 2.24) is 10.3 Å². The largest absolute Gasteiger partial charge is 0.381 e. The van der Waals surface area contributed by atoms with Gasteiger partial charge in [0.1, 0.15) is 5.82 Å². The number of hydrogen-bond acceptors (Lipinski definition) is 3. The first-order valence-corrected chi connectivity index (χ1v) is 7.75. The number of hydrogen-bond donors (Lipinski definition) is 1. The van der Waals surface area contributed by atoms with Gasteiger partial charge in [-0.1, -0.05) is 23.7 Å². The lowest BCUT2D eigenvalue weighted by molar-refractivity contribution is 0.0357. The second-order valence-electron chi connectivity index (χ2n) is 5.52. The fourth-order valence-corrected chi connectivity index (χ4v) is 3.05. The molecule has 1 aliphatic rings. The predicted molar refractivity (Wildman–Crippen MR) is 84.2 cm³/mol. The van der Waals surface area contributed by atoms with Gasteiger partial charge in [-0.3, -0.25) is 4.98 Å². The van der Waals surface area contributed by atoms with E-state index in [1.165, 1.54) is 12.1 Å². The molecular weight excluding hydrogens is 303 g/mol. The summed E-state index contributed by atoms with van der Waals surface area (Å²) >= 11 is 6.18. The molecule has 116 valence electrons. The summed E-state index contributed by atoms with van der Waals surface area (Å²) in [5.74, 6) is -0.219. The monoisotopic (exact) mass is 320 g/mol. The van der Waals surface area contributed by atoms with E-state index in [9.17, 15) is 4.39 Å². The van der Waals surface area contributed by atoms with Gasteiger partial charge in [0.05, 0.1) is 5.02 Å². The summed E-state index contributed by atoms with van der Waals surface area (Å²) < 4.78 is 18.7. The van der Waals surface area contributed by atoms with Crippen LogP contribution in [0.4, 0.5) is 4.39 Å². The highest BCUT2D eigenvalue weighted by Gasteiger charge is 2.34. The molecule has 3 rings (SSSR count). The van der Waals surface area contributed by atoms with Gasteiger partial charge in [0.25, 0.3) is 0 Å². The van der Waals surface area contributed by atoms with Crippen LogP contribution in [-0.4, -0.2) is 18.2 Å². The smallest absolute Gasteiger partial charge is 0.123 e. The van der Waals surface area contributed by atoms with Crippen LogP contribution in [0.25, 0.3) is 0 Å². The summed E-state index contributed by atoms with van der Waals surface area (Å²) in [5, 5.41) is 4.26. The molecule has 1 N–H and O–H groups in total. The number of nitrogens with zero attached hydrogens (tertiary/aromatic N) is 1. The van der Waals surface area contributed by atoms with Crippen LogP contribution in [0, 0.1) is 5.82 Å². The molecule has 1 aliphatic heterocycles. The van der Waals surface area contributed by atoms with Gasteiger partial charge in [0.15, 0.2) is 0 Å². The van der Waals surface area contributed by atoms with Crippen LogP contribution in [0.2, 0.25) is 5.02 Å². The van der Waals surface area contributed by atoms with Crippen LogP contribution in [0.1, 0.15) is 24.0 Å². The van der Waals surface area contributed by atoms with Crippen molar-refractivity contribution in [2.45, 2.75) is 24.9 Å². The van der Waals surface area contributed by atoms with Crippen molar-refractivity contribution >= 4 is 11.6 Å². The van der Waals surface area contributed by atoms with E-state index in [0.29, 0.717) is 24.8 Å². The summed E-state index contributed by atoms with van der Waals surface area (Å²) in [6, 6.07) is 8.62. The Morgan fingerprint density at radius 3 is 2.59 bits per heavy atom. The Morgan fingerprint density at radius 2 is 1.91 bits per heavy atom. The summed E-state index contributed by atoms with van der Waals surface area (Å²) in [4.78, 5) is 4.00. The molecule has 0 saturated carbocycles. The second-order valence-corrected chi connectivity index (χ2v) is 5.93. The molecule has 2 aromatic rings. The third-order valence-electron chi connectivity index (χ3n) is 4.22. The van der Waals surface area contributed by atoms with Crippen molar-refractivity contribution < 1.29 is 9.13 Å². The minimum absolute atomic E-state index is 0.210. The number of rotatable bonds is 4. The van der Waals surface area contributed by atoms with Crippen LogP contribution in [0.3, 0.4) is 0 Å². The van der Waals surface area contributed by atoms with Gasteiger partial charge >= 0.3 is 0 Å². The minimum atomic E-state index is -0.219. The van der Waals surface area contributed by atoms with E-state index >= 15 is 0 Å². The van der Waals surface area contributed by atoms with Crippen molar-refractivity contribution in [3.05, 3.63) is 64.7 Å². The van der Waals surface area contributed by atoms with Crippen LogP contribution < -0.4 is 5.32 Å². The second kappa shape index (κ2) is 6.73. The van der Waals surface area contributed by atoms with Gasteiger partial charge in [-0.15, -0.1) is 0 Å². The summed E-state index contributed by atoms with van der Waals surface area (Å²) in [7, 11) is 0. The first-order chi connectivity index (χ1) is 10.7. The van der Waals surface area contributed by atoms with Crippen LogP contribution >= 0.6 is 11.6 Å². The average Bonchev–Trinajstić information content (AvgIpc) is 2.56. The van der Waals surface area contributed by atoms with Crippen molar-refractivity contribution in [2.75, 3.05) is 13.2 Å². The van der Waals surface area contributed by atoms with Gasteiger partial charge < -0.3 is 10.1 Å². The molecule has 2 heterocycles. The Bertz CT molecular complexity index is 627. The molecule has 0 aliphatic carbocycles. The maximum atomic E-state index is 13.2. The first-order valence-electron chi connectivity index (χ1n) is 7.37. The Balaban J connectivity index is 1.83. The number of pyridine rings is 1. The topological polar surface area (TPSA) is 34.2 Å². The Morgan fingerprint density at radius 1 is 1.18 bits per heavy atom. The highest BCUT2D eigenvalue weighted by atomic mass is 35.5. The van der Waals surface area contributed by atoms with E-state index in [1.807, 2.05) is 18.2 Å². The molecule has 1 saturated heterocycles. The van der Waals surface area contributed by atoms with Gasteiger partial charge in [0, 0.05) is 37.7 Å². The summed E-state index contributed by atoms with van der Waals surface area (Å²) in [6.07, 6.45) is 5.08. The third-order valence-corrected chi connectivity index (χ3v) is 4.56. The number of aromatic nitrogens is 1. The maximum absolute atomic E-state index is 13.2. The van der Waals surface area contributed by atoms with Crippen molar-refractivity contribution in [3.63, 3.8) is 0 Å². The Labute approximate surface area is 134 Å². The zero-order valence-corrected chi connectivity index (χ0v) is 12.9. The molecule has 0 spiro atoms. The molecular formula is C17H18ClFN2O. The summed E-state index contributed by atoms with van der Waals surface area (Å²) in [6.45, 7) is 2.02. The van der Waals surface area contributed by atoms with E-state index < -0.39 is 0 Å². The maximum Gasteiger partial charge on any atom is 0.123 e. The Hall–Kier alpha value is -1.49. The SMILES string of the molecule is Fc1ccc(C2(NCc3ccncc3Cl)CCOCC2)cc1. The highest BCUT2D eigenvalue weighted by Crippen LogP contribution is 2.33. The van der Waals surface area contributed by atoms with E-state index in [4.69, 9.17) is 16.3 Å². The molecule has 3 nitrogen and oxygen atoms in total. The molecule has 0 atom stereocenters. The predicted octanol–water partition coefficient (Wildman–Crippen LogP) is 3.67. The van der Waals surface area contributed by atoms with E-state index in [-0.39, 0.29) is 11.4 Å². The number of benzene rings is 1. The van der Waals surface area contributed by atoms with Crippen LogP contribution in [0.5, 0.6) is 0 Å². The van der Waals surface area contributed by atoms with Gasteiger partial charge in [-0.05, 0) is 42.2 Å². The van der Waals surface area contributed by atoms with Crippen molar-refractivity contribution in [1.29, 1.82) is 0 Å². The lowest BCUT2D eigenvalue weighted by atomic mass is 9.82. The van der Waals surface area contributed by atoms with Crippen molar-refractivity contribution in [2.24, 2.45) is 0 Å². The zero-order valence-electron chi connectivity index (χ0n) is 12.2. The molecule has 22 heavy (non-hydrogen) atoms. The normalized spacial score (nSPS) is 17.4. The quantitative estimate of drug-likeness (QED) is 0.933. The van der Waals surface area contributed by atoms with Crippen LogP contribution in [-0.2, 0) is 16.8 Å². The van der Waals surface area contributed by atoms with Gasteiger partial charge in [-0.2, -0.15) is 0 Å². The minimum Gasteiger partial charge on any atom is -0.381 e. The molecule has 0 amide bonds. The molecule has 1 aromatic heterocycles. The fourth-order valence-electron chi connectivity index (χ4n) is 2.87. The molecule has 0 unspecified atom stereocenters. The van der Waals surface area contributed by atoms with Crippen LogP contribution in [0.15, 0.2) is 42.7 Å². The molecule has 5 heteroatoms. The molecule has 1 fully saturated rings. The third kappa shape index (κ3) is 3.29. The summed E-state index contributed by atoms with van der Waals surface area (Å²) in [5.41, 5.74) is 1.88. The zero-order chi connectivity index (χ0) is 15.4. The number of ether oxygens (including phenoxy) is 1. The van der Waals surface area contributed by atoms with Gasteiger partial charge in [0.2, 0.25) is 0 Å². The molecule has 0 bridgehead atoms. The Kier molecular flexibility index (Phi) is 4.71. The molecule has 0 radical (unpaired) electrons. The van der Waals surface area contributed by atoms with Crippen molar-refractivity contribution in [3.8, 4) is 0 Å². The lowest BCUT2D eigenvalue weighted by Gasteiger charge is -2.39. The van der Waals surface area contributed by atoms with Gasteiger partial charge in [-0.25, -0.2) is 4.39 Å². The number of nitrogens with one attached hydrogen (secondary N) is 1. The lowest BCUT2D eigenvalue weighted by Crippen LogP contribution is -2.46. The standard InChI is InChI=1S/C17H18ClFN2O/c18-16-12-20-8-5-13(16)11-21-17(6-9-22-10-7-17)14-1-3-15(19)4-2-14/h1-5,8,12,21H,6-7,9-11H2. The highest BCUT2D eigenvalue weighted by molar-refractivity contribution is 6.31. The molecule has 1 aromatic carbocycles. The number of halogens is 2. The fraction of sp³-hybridized carbons (Fsp3) is 0.353. The van der Waals surface area contributed by atoms with E-state index in [0.717, 1.165) is 24.0 Å².